The summed E-state index contributed by atoms with van der Waals surface area (Å²) < 4.78 is 30.1. The van der Waals surface area contributed by atoms with Crippen molar-refractivity contribution in [3.8, 4) is 0 Å². The first kappa shape index (κ1) is 15.3. The SMILES string of the molecule is CCCCS(=O)(=O)N(CCBr)CCOC. The Hall–Kier alpha value is 0.350. The molecule has 0 bridgehead atoms. The van der Waals surface area contributed by atoms with Gasteiger partial charge >= 0.3 is 0 Å². The van der Waals surface area contributed by atoms with E-state index >= 15 is 0 Å². The van der Waals surface area contributed by atoms with E-state index in [1.54, 1.807) is 7.11 Å². The lowest BCUT2D eigenvalue weighted by molar-refractivity contribution is 0.180. The van der Waals surface area contributed by atoms with Crippen LogP contribution in [0.25, 0.3) is 0 Å². The maximum absolute atomic E-state index is 11.8. The van der Waals surface area contributed by atoms with E-state index in [4.69, 9.17) is 4.74 Å². The monoisotopic (exact) mass is 301 g/mol. The van der Waals surface area contributed by atoms with Crippen LogP contribution < -0.4 is 0 Å². The van der Waals surface area contributed by atoms with E-state index in [2.05, 4.69) is 15.9 Å². The van der Waals surface area contributed by atoms with Gasteiger partial charge in [-0.3, -0.25) is 0 Å². The fraction of sp³-hybridized carbons (Fsp3) is 1.00. The molecule has 0 atom stereocenters. The third-order valence-electron chi connectivity index (χ3n) is 2.03. The molecule has 0 saturated carbocycles. The summed E-state index contributed by atoms with van der Waals surface area (Å²) in [5.41, 5.74) is 0. The van der Waals surface area contributed by atoms with Gasteiger partial charge in [0.2, 0.25) is 10.0 Å². The van der Waals surface area contributed by atoms with Crippen molar-refractivity contribution < 1.29 is 13.2 Å². The van der Waals surface area contributed by atoms with Gasteiger partial charge in [-0.1, -0.05) is 29.3 Å². The molecule has 0 aliphatic heterocycles. The minimum atomic E-state index is -3.10. The molecule has 0 unspecified atom stereocenters. The van der Waals surface area contributed by atoms with Crippen molar-refractivity contribution in [2.24, 2.45) is 0 Å². The Bertz CT molecular complexity index is 244. The summed E-state index contributed by atoms with van der Waals surface area (Å²) in [6, 6.07) is 0. The molecule has 0 amide bonds. The molecule has 92 valence electrons. The largest absolute Gasteiger partial charge is 0.383 e. The molecular formula is C9H20BrNO3S. The molecule has 0 aromatic rings. The van der Waals surface area contributed by atoms with Crippen molar-refractivity contribution in [3.05, 3.63) is 0 Å². The molecule has 0 fully saturated rings. The van der Waals surface area contributed by atoms with E-state index in [9.17, 15) is 8.42 Å². The van der Waals surface area contributed by atoms with Crippen LogP contribution in [0.1, 0.15) is 19.8 Å². The molecule has 0 heterocycles. The molecule has 15 heavy (non-hydrogen) atoms. The number of hydrogen-bond donors (Lipinski definition) is 0. The van der Waals surface area contributed by atoms with Gasteiger partial charge in [-0.25, -0.2) is 8.42 Å². The highest BCUT2D eigenvalue weighted by atomic mass is 79.9. The van der Waals surface area contributed by atoms with Crippen LogP contribution >= 0.6 is 15.9 Å². The van der Waals surface area contributed by atoms with Gasteiger partial charge in [0.15, 0.2) is 0 Å². The van der Waals surface area contributed by atoms with Crippen LogP contribution in [0, 0.1) is 0 Å². The minimum Gasteiger partial charge on any atom is -0.383 e. The lowest BCUT2D eigenvalue weighted by atomic mass is 10.4. The number of rotatable bonds is 9. The van der Waals surface area contributed by atoms with Gasteiger partial charge in [0, 0.05) is 25.5 Å². The summed E-state index contributed by atoms with van der Waals surface area (Å²) in [4.78, 5) is 0. The number of ether oxygens (including phenoxy) is 1. The molecule has 4 nitrogen and oxygen atoms in total. The molecule has 0 spiro atoms. The van der Waals surface area contributed by atoms with Crippen molar-refractivity contribution in [2.75, 3.05) is 37.9 Å². The zero-order valence-corrected chi connectivity index (χ0v) is 11.8. The molecule has 0 N–H and O–H groups in total. The van der Waals surface area contributed by atoms with Gasteiger partial charge in [-0.2, -0.15) is 4.31 Å². The van der Waals surface area contributed by atoms with Crippen LogP contribution in [0.2, 0.25) is 0 Å². The second-order valence-electron chi connectivity index (χ2n) is 3.25. The third kappa shape index (κ3) is 6.50. The first-order chi connectivity index (χ1) is 7.08. The first-order valence-electron chi connectivity index (χ1n) is 5.11. The molecule has 0 aliphatic rings. The Kier molecular flexibility index (Phi) is 8.69. The standard InChI is InChI=1S/C9H20BrNO3S/c1-3-4-9-15(12,13)11(6-5-10)7-8-14-2/h3-9H2,1-2H3. The highest BCUT2D eigenvalue weighted by Gasteiger charge is 2.19. The van der Waals surface area contributed by atoms with E-state index in [1.807, 2.05) is 6.92 Å². The predicted molar refractivity (Wildman–Crippen MR) is 65.9 cm³/mol. The van der Waals surface area contributed by atoms with Crippen LogP contribution in [0.4, 0.5) is 0 Å². The average Bonchev–Trinajstić information content (AvgIpc) is 2.21. The smallest absolute Gasteiger partial charge is 0.214 e. The number of methoxy groups -OCH3 is 1. The Labute approximate surface area is 101 Å². The Morgan fingerprint density at radius 3 is 2.47 bits per heavy atom. The lowest BCUT2D eigenvalue weighted by Gasteiger charge is -2.20. The number of sulfonamides is 1. The van der Waals surface area contributed by atoms with Crippen LogP contribution in [0.3, 0.4) is 0 Å². The number of nitrogens with zero attached hydrogens (tertiary/aromatic N) is 1. The van der Waals surface area contributed by atoms with Crippen molar-refractivity contribution in [1.82, 2.24) is 4.31 Å². The van der Waals surface area contributed by atoms with E-state index in [1.165, 1.54) is 4.31 Å². The lowest BCUT2D eigenvalue weighted by Crippen LogP contribution is -2.37. The van der Waals surface area contributed by atoms with E-state index in [0.29, 0.717) is 31.4 Å². The number of unbranched alkanes of at least 4 members (excludes halogenated alkanes) is 1. The van der Waals surface area contributed by atoms with Gasteiger partial charge in [0.1, 0.15) is 0 Å². The number of alkyl halides is 1. The summed E-state index contributed by atoms with van der Waals surface area (Å²) >= 11 is 3.26. The summed E-state index contributed by atoms with van der Waals surface area (Å²) in [6.07, 6.45) is 1.61. The average molecular weight is 302 g/mol. The molecular weight excluding hydrogens is 282 g/mol. The zero-order valence-electron chi connectivity index (χ0n) is 9.41. The van der Waals surface area contributed by atoms with Gasteiger partial charge in [-0.05, 0) is 6.42 Å². The fourth-order valence-corrected chi connectivity index (χ4v) is 3.43. The molecule has 0 rings (SSSR count). The Morgan fingerprint density at radius 1 is 1.33 bits per heavy atom. The van der Waals surface area contributed by atoms with Crippen LogP contribution in [-0.2, 0) is 14.8 Å². The molecule has 0 aliphatic carbocycles. The number of halogens is 1. The summed E-state index contributed by atoms with van der Waals surface area (Å²) in [6.45, 7) is 3.38. The van der Waals surface area contributed by atoms with Crippen molar-refractivity contribution in [3.63, 3.8) is 0 Å². The van der Waals surface area contributed by atoms with E-state index in [-0.39, 0.29) is 5.75 Å². The quantitative estimate of drug-likeness (QED) is 0.606. The summed E-state index contributed by atoms with van der Waals surface area (Å²) in [7, 11) is -1.52. The Balaban J connectivity index is 4.30. The van der Waals surface area contributed by atoms with Crippen molar-refractivity contribution in [2.45, 2.75) is 19.8 Å². The second-order valence-corrected chi connectivity index (χ2v) is 6.13. The number of hydrogen-bond acceptors (Lipinski definition) is 3. The van der Waals surface area contributed by atoms with E-state index < -0.39 is 10.0 Å². The topological polar surface area (TPSA) is 46.6 Å². The summed E-state index contributed by atoms with van der Waals surface area (Å²) in [5.74, 6) is 0.236. The minimum absolute atomic E-state index is 0.236. The maximum atomic E-state index is 11.8. The highest BCUT2D eigenvalue weighted by molar-refractivity contribution is 9.09. The summed E-state index contributed by atoms with van der Waals surface area (Å²) in [5, 5.41) is 0.655. The van der Waals surface area contributed by atoms with Crippen molar-refractivity contribution in [1.29, 1.82) is 0 Å². The first-order valence-corrected chi connectivity index (χ1v) is 7.84. The predicted octanol–water partition coefficient (Wildman–Crippen LogP) is 1.46. The van der Waals surface area contributed by atoms with Gasteiger partial charge in [0.05, 0.1) is 12.4 Å². The van der Waals surface area contributed by atoms with Gasteiger partial charge in [0.25, 0.3) is 0 Å². The normalized spacial score (nSPS) is 12.3. The van der Waals surface area contributed by atoms with E-state index in [0.717, 1.165) is 6.42 Å². The molecule has 6 heteroatoms. The fourth-order valence-electron chi connectivity index (χ4n) is 1.13. The van der Waals surface area contributed by atoms with Crippen molar-refractivity contribution >= 4 is 26.0 Å². The zero-order chi connectivity index (χ0) is 11.7. The van der Waals surface area contributed by atoms with Gasteiger partial charge in [-0.15, -0.1) is 0 Å². The van der Waals surface area contributed by atoms with Gasteiger partial charge < -0.3 is 4.74 Å². The highest BCUT2D eigenvalue weighted by Crippen LogP contribution is 2.05. The molecule has 0 radical (unpaired) electrons. The second kappa shape index (κ2) is 8.50. The Morgan fingerprint density at radius 2 is 2.00 bits per heavy atom. The van der Waals surface area contributed by atoms with Crippen LogP contribution in [0.5, 0.6) is 0 Å². The van der Waals surface area contributed by atoms with Crippen LogP contribution in [0.15, 0.2) is 0 Å². The maximum Gasteiger partial charge on any atom is 0.214 e. The van der Waals surface area contributed by atoms with Crippen LogP contribution in [-0.4, -0.2) is 50.6 Å². The molecule has 0 aromatic carbocycles. The molecule has 0 aromatic heterocycles. The molecule has 0 saturated heterocycles. The third-order valence-corrected chi connectivity index (χ3v) is 4.34.